The quantitative estimate of drug-likeness (QED) is 0.132. The summed E-state index contributed by atoms with van der Waals surface area (Å²) in [6, 6.07) is 11.0. The molecule has 0 spiro atoms. The van der Waals surface area contributed by atoms with Crippen molar-refractivity contribution in [2.45, 2.75) is 65.0 Å². The molecule has 0 aliphatic carbocycles. The monoisotopic (exact) mass is 769 g/mol. The van der Waals surface area contributed by atoms with Crippen molar-refractivity contribution in [3.05, 3.63) is 104 Å². The van der Waals surface area contributed by atoms with Crippen molar-refractivity contribution in [2.24, 2.45) is 4.99 Å². The minimum absolute atomic E-state index is 0.0963. The van der Waals surface area contributed by atoms with Gasteiger partial charge in [0.15, 0.2) is 5.82 Å². The average molecular weight is 770 g/mol. The van der Waals surface area contributed by atoms with E-state index in [-0.39, 0.29) is 30.1 Å². The van der Waals surface area contributed by atoms with Crippen LogP contribution in [0.2, 0.25) is 5.02 Å². The summed E-state index contributed by atoms with van der Waals surface area (Å²) in [7, 11) is 0. The first kappa shape index (κ1) is 37.1. The third-order valence-corrected chi connectivity index (χ3v) is 11.2. The number of fused-ring (bicyclic) bond motifs is 4. The number of piperidine rings is 1. The van der Waals surface area contributed by atoms with E-state index < -0.39 is 29.8 Å². The maximum atomic E-state index is 13.3. The SMILES string of the molecule is C=C1CCC(N2C(=O)c3cccc(OCCCOCCCNC(=O)C[C@@H]4N=C(c5ccc(Cl)cc5)c5c(sc(C)c5C)-n5c(C)nnc54)c3C2=O)C(=O)N1. The number of hydrogen-bond donors (Lipinski definition) is 2. The van der Waals surface area contributed by atoms with Gasteiger partial charge in [0.2, 0.25) is 11.8 Å². The maximum absolute atomic E-state index is 13.3. The molecular weight excluding hydrogens is 730 g/mol. The third-order valence-electron chi connectivity index (χ3n) is 9.76. The zero-order chi connectivity index (χ0) is 38.1. The first-order valence-corrected chi connectivity index (χ1v) is 19.1. The number of allylic oxidation sites excluding steroid dienone is 1. The highest BCUT2D eigenvalue weighted by molar-refractivity contribution is 7.15. The van der Waals surface area contributed by atoms with Crippen LogP contribution in [-0.4, -0.2) is 81.4 Å². The fraction of sp³-hybridized carbons (Fsp3) is 0.359. The molecule has 7 rings (SSSR count). The van der Waals surface area contributed by atoms with Gasteiger partial charge in [-0.05, 0) is 69.9 Å². The summed E-state index contributed by atoms with van der Waals surface area (Å²) in [5.41, 5.74) is 4.80. The molecule has 3 aliphatic rings. The number of aromatic nitrogens is 3. The molecule has 2 aromatic carbocycles. The van der Waals surface area contributed by atoms with Gasteiger partial charge >= 0.3 is 0 Å². The van der Waals surface area contributed by atoms with Crippen LogP contribution in [0.4, 0.5) is 0 Å². The molecule has 2 N–H and O–H groups in total. The lowest BCUT2D eigenvalue weighted by Crippen LogP contribution is -2.51. The Bertz CT molecular complexity index is 2190. The number of aliphatic imine (C=N–C) groups is 1. The van der Waals surface area contributed by atoms with Crippen LogP contribution in [0.3, 0.4) is 0 Å². The predicted octanol–water partition coefficient (Wildman–Crippen LogP) is 5.57. The predicted molar refractivity (Wildman–Crippen MR) is 204 cm³/mol. The molecule has 1 unspecified atom stereocenters. The number of aryl methyl sites for hydroxylation is 2. The van der Waals surface area contributed by atoms with E-state index in [1.54, 1.807) is 29.5 Å². The molecule has 0 saturated carbocycles. The van der Waals surface area contributed by atoms with Crippen LogP contribution in [0.5, 0.6) is 5.75 Å². The summed E-state index contributed by atoms with van der Waals surface area (Å²) >= 11 is 7.88. The normalized spacial score (nSPS) is 17.8. The van der Waals surface area contributed by atoms with Crippen LogP contribution in [0.25, 0.3) is 5.00 Å². The van der Waals surface area contributed by atoms with Crippen molar-refractivity contribution in [1.82, 2.24) is 30.3 Å². The lowest BCUT2D eigenvalue weighted by Gasteiger charge is -2.29. The smallest absolute Gasteiger partial charge is 0.266 e. The first-order valence-electron chi connectivity index (χ1n) is 17.9. The summed E-state index contributed by atoms with van der Waals surface area (Å²) in [6.45, 7) is 11.3. The van der Waals surface area contributed by atoms with Gasteiger partial charge in [0.1, 0.15) is 28.7 Å². The Morgan fingerprint density at radius 1 is 1.02 bits per heavy atom. The second-order valence-corrected chi connectivity index (χ2v) is 15.1. The van der Waals surface area contributed by atoms with Gasteiger partial charge in [-0.3, -0.25) is 33.6 Å². The second-order valence-electron chi connectivity index (χ2n) is 13.4. The van der Waals surface area contributed by atoms with Crippen LogP contribution in [0.15, 0.2) is 59.7 Å². The van der Waals surface area contributed by atoms with Crippen LogP contribution < -0.4 is 15.4 Å². The number of rotatable bonds is 13. The van der Waals surface area contributed by atoms with E-state index in [0.29, 0.717) is 67.7 Å². The number of carbonyl (C=O) groups excluding carboxylic acids is 4. The topological polar surface area (TPSA) is 157 Å². The number of nitrogens with zero attached hydrogens (tertiary/aromatic N) is 5. The van der Waals surface area contributed by atoms with Crippen molar-refractivity contribution in [3.8, 4) is 10.8 Å². The number of carbonyl (C=O) groups is 4. The molecule has 15 heteroatoms. The lowest BCUT2D eigenvalue weighted by molar-refractivity contribution is -0.125. The third kappa shape index (κ3) is 7.20. The number of imide groups is 1. The van der Waals surface area contributed by atoms with E-state index in [1.165, 1.54) is 4.88 Å². The highest BCUT2D eigenvalue weighted by Crippen LogP contribution is 2.40. The Balaban J connectivity index is 0.889. The van der Waals surface area contributed by atoms with E-state index in [4.69, 9.17) is 26.1 Å². The number of hydrogen-bond acceptors (Lipinski definition) is 10. The summed E-state index contributed by atoms with van der Waals surface area (Å²) < 4.78 is 13.7. The molecule has 3 aliphatic heterocycles. The molecule has 13 nitrogen and oxygen atoms in total. The van der Waals surface area contributed by atoms with Gasteiger partial charge < -0.3 is 20.1 Å². The van der Waals surface area contributed by atoms with Gasteiger partial charge in [-0.15, -0.1) is 21.5 Å². The molecule has 1 saturated heterocycles. The largest absolute Gasteiger partial charge is 0.493 e. The van der Waals surface area contributed by atoms with E-state index in [2.05, 4.69) is 41.3 Å². The maximum Gasteiger partial charge on any atom is 0.266 e. The second kappa shape index (κ2) is 15.7. The van der Waals surface area contributed by atoms with Gasteiger partial charge in [-0.1, -0.05) is 36.4 Å². The number of amides is 4. The summed E-state index contributed by atoms with van der Waals surface area (Å²) in [4.78, 5) is 59.6. The van der Waals surface area contributed by atoms with Gasteiger partial charge in [-0.25, -0.2) is 0 Å². The van der Waals surface area contributed by atoms with Gasteiger partial charge in [0.25, 0.3) is 11.8 Å². The molecule has 54 heavy (non-hydrogen) atoms. The molecular formula is C39H40ClN7O6S. The zero-order valence-corrected chi connectivity index (χ0v) is 31.8. The van der Waals surface area contributed by atoms with Crippen LogP contribution in [0.1, 0.15) is 92.1 Å². The molecule has 0 bridgehead atoms. The fourth-order valence-corrected chi connectivity index (χ4v) is 8.25. The number of halogens is 1. The number of nitrogens with one attached hydrogen (secondary N) is 2. The van der Waals surface area contributed by atoms with E-state index >= 15 is 0 Å². The summed E-state index contributed by atoms with van der Waals surface area (Å²) in [5, 5.41) is 16.1. The molecule has 0 radical (unpaired) electrons. The van der Waals surface area contributed by atoms with Crippen molar-refractivity contribution >= 4 is 52.3 Å². The molecule has 2 aromatic heterocycles. The standard InChI is InChI=1S/C39H40ClN7O6S/c1-21-10-15-29(36(49)42-21)47-37(50)27-8-5-9-30(33(27)38(47)51)53-19-7-18-52-17-6-16-41-31(48)20-28-35-45-44-24(4)46(35)39-32(22(2)23(3)54-39)34(43-28)25-11-13-26(40)14-12-25/h5,8-9,11-14,28-29H,1,6-7,10,15-20H2,2-4H3,(H,41,48)(H,42,49)/t28-,29?/m0/s1. The van der Waals surface area contributed by atoms with Crippen LogP contribution in [0, 0.1) is 20.8 Å². The van der Waals surface area contributed by atoms with Crippen molar-refractivity contribution in [2.75, 3.05) is 26.4 Å². The lowest BCUT2D eigenvalue weighted by atomic mass is 9.99. The van der Waals surface area contributed by atoms with E-state index in [0.717, 1.165) is 38.1 Å². The minimum atomic E-state index is -0.887. The van der Waals surface area contributed by atoms with Crippen molar-refractivity contribution in [1.29, 1.82) is 0 Å². The molecule has 4 aromatic rings. The van der Waals surface area contributed by atoms with E-state index in [9.17, 15) is 19.2 Å². The van der Waals surface area contributed by atoms with Crippen molar-refractivity contribution in [3.63, 3.8) is 0 Å². The molecule has 4 amide bonds. The van der Waals surface area contributed by atoms with Gasteiger partial charge in [0.05, 0.1) is 29.9 Å². The fourth-order valence-electron chi connectivity index (χ4n) is 6.91. The Morgan fingerprint density at radius 2 is 1.80 bits per heavy atom. The highest BCUT2D eigenvalue weighted by Gasteiger charge is 2.45. The minimum Gasteiger partial charge on any atom is -0.493 e. The Morgan fingerprint density at radius 3 is 2.57 bits per heavy atom. The average Bonchev–Trinajstić information content (AvgIpc) is 3.72. The van der Waals surface area contributed by atoms with Gasteiger partial charge in [-0.2, -0.15) is 0 Å². The zero-order valence-electron chi connectivity index (χ0n) is 30.2. The molecule has 1 fully saturated rings. The molecule has 2 atom stereocenters. The van der Waals surface area contributed by atoms with E-state index in [1.807, 2.05) is 35.8 Å². The Labute approximate surface area is 321 Å². The first-order chi connectivity index (χ1) is 26.0. The van der Waals surface area contributed by atoms with Gasteiger partial charge in [0, 0.05) is 52.9 Å². The summed E-state index contributed by atoms with van der Waals surface area (Å²) in [6.07, 6.45) is 2.05. The molecule has 280 valence electrons. The number of ether oxygens (including phenoxy) is 2. The van der Waals surface area contributed by atoms with Crippen molar-refractivity contribution < 1.29 is 28.7 Å². The van der Waals surface area contributed by atoms with Crippen LogP contribution in [-0.2, 0) is 14.3 Å². The van der Waals surface area contributed by atoms with Crippen LogP contribution >= 0.6 is 22.9 Å². The highest BCUT2D eigenvalue weighted by atomic mass is 35.5. The Hall–Kier alpha value is -5.18. The molecule has 5 heterocycles. The number of thiophene rings is 1. The Kier molecular flexibility index (Phi) is 10.8. The summed E-state index contributed by atoms with van der Waals surface area (Å²) in [5.74, 6) is 0.0286. The number of benzene rings is 2.